The van der Waals surface area contributed by atoms with Gasteiger partial charge in [0.1, 0.15) is 10.7 Å². The molecule has 120 valence electrons. The maximum atomic E-state index is 9.16. The van der Waals surface area contributed by atoms with Crippen LogP contribution in [0.1, 0.15) is 53.0 Å². The summed E-state index contributed by atoms with van der Waals surface area (Å²) in [6, 6.07) is 0.690. The lowest BCUT2D eigenvalue weighted by atomic mass is 9.90. The summed E-state index contributed by atoms with van der Waals surface area (Å²) in [6.45, 7) is 4.93. The molecule has 0 aliphatic heterocycles. The third kappa shape index (κ3) is 3.37. The van der Waals surface area contributed by atoms with Crippen molar-refractivity contribution in [3.05, 3.63) is 27.5 Å². The Kier molecular flexibility index (Phi) is 4.85. The lowest BCUT2D eigenvalue weighted by Gasteiger charge is -2.31. The Bertz CT molecular complexity index is 604. The highest BCUT2D eigenvalue weighted by Gasteiger charge is 2.27. The maximum Gasteiger partial charge on any atom is 0.108 e. The largest absolute Gasteiger partial charge is 0.390 e. The van der Waals surface area contributed by atoms with Crippen LogP contribution in [0.25, 0.3) is 0 Å². The van der Waals surface area contributed by atoms with Gasteiger partial charge in [-0.2, -0.15) is 0 Å². The first-order valence-electron chi connectivity index (χ1n) is 7.85. The van der Waals surface area contributed by atoms with Crippen LogP contribution in [0.4, 0.5) is 0 Å². The molecule has 2 aromatic rings. The van der Waals surface area contributed by atoms with E-state index in [0.717, 1.165) is 30.1 Å². The number of thiazole rings is 1. The Hall–Kier alpha value is -1.31. The first-order chi connectivity index (χ1) is 10.7. The number of hydrogen-bond acceptors (Lipinski definition) is 6. The van der Waals surface area contributed by atoms with E-state index in [-0.39, 0.29) is 6.61 Å². The normalized spacial score (nSPS) is 22.1. The van der Waals surface area contributed by atoms with E-state index in [9.17, 15) is 0 Å². The fraction of sp³-hybridized carbons (Fsp3) is 0.667. The van der Waals surface area contributed by atoms with Gasteiger partial charge in [0.25, 0.3) is 0 Å². The molecule has 0 amide bonds. The minimum absolute atomic E-state index is 0.0531. The van der Waals surface area contributed by atoms with E-state index < -0.39 is 0 Å². The monoisotopic (exact) mass is 321 g/mol. The number of aromatic nitrogens is 4. The third-order valence-corrected chi connectivity index (χ3v) is 5.45. The van der Waals surface area contributed by atoms with Gasteiger partial charge in [0.15, 0.2) is 0 Å². The number of nitrogens with one attached hydrogen (secondary N) is 1. The second-order valence-corrected chi connectivity index (χ2v) is 7.22. The zero-order valence-corrected chi connectivity index (χ0v) is 13.9. The molecule has 1 aliphatic rings. The molecule has 1 saturated carbocycles. The van der Waals surface area contributed by atoms with Crippen molar-refractivity contribution in [3.63, 3.8) is 0 Å². The molecule has 2 aromatic heterocycles. The van der Waals surface area contributed by atoms with Crippen LogP contribution in [-0.4, -0.2) is 31.1 Å². The number of hydrogen-bond donors (Lipinski definition) is 2. The average molecular weight is 321 g/mol. The van der Waals surface area contributed by atoms with E-state index in [0.29, 0.717) is 17.8 Å². The molecule has 0 radical (unpaired) electrons. The molecule has 2 atom stereocenters. The summed E-state index contributed by atoms with van der Waals surface area (Å²) in [5.74, 6) is 0. The first kappa shape index (κ1) is 15.6. The molecule has 2 N–H and O–H groups in total. The van der Waals surface area contributed by atoms with Crippen LogP contribution in [0, 0.1) is 13.8 Å². The van der Waals surface area contributed by atoms with Crippen molar-refractivity contribution in [2.24, 2.45) is 0 Å². The summed E-state index contributed by atoms with van der Waals surface area (Å²) in [5, 5.41) is 22.1. The van der Waals surface area contributed by atoms with E-state index in [4.69, 9.17) is 5.11 Å². The molecule has 2 heterocycles. The van der Waals surface area contributed by atoms with Gasteiger partial charge in [-0.05, 0) is 26.7 Å². The van der Waals surface area contributed by atoms with Gasteiger partial charge < -0.3 is 10.4 Å². The van der Waals surface area contributed by atoms with Crippen molar-refractivity contribution in [2.45, 2.75) is 64.8 Å². The fourth-order valence-corrected chi connectivity index (χ4v) is 3.93. The number of aliphatic hydroxyl groups excluding tert-OH is 1. The van der Waals surface area contributed by atoms with Crippen LogP contribution in [0.2, 0.25) is 0 Å². The second-order valence-electron chi connectivity index (χ2n) is 5.94. The quantitative estimate of drug-likeness (QED) is 0.882. The van der Waals surface area contributed by atoms with Gasteiger partial charge in [0, 0.05) is 17.5 Å². The maximum absolute atomic E-state index is 9.16. The highest BCUT2D eigenvalue weighted by atomic mass is 32.1. The van der Waals surface area contributed by atoms with E-state index in [1.54, 1.807) is 11.3 Å². The standard InChI is InChI=1S/C15H23N5OS/c1-10-11(2)22-15(17-10)7-16-13-5-3-4-6-14(13)20-8-12(9-21)18-19-20/h8,13-14,16,21H,3-7,9H2,1-2H3/t13-,14+/m0/s1. The van der Waals surface area contributed by atoms with Crippen molar-refractivity contribution >= 4 is 11.3 Å². The van der Waals surface area contributed by atoms with Crippen molar-refractivity contribution in [3.8, 4) is 0 Å². The van der Waals surface area contributed by atoms with Gasteiger partial charge in [0.2, 0.25) is 0 Å². The Morgan fingerprint density at radius 2 is 2.18 bits per heavy atom. The molecule has 3 rings (SSSR count). The van der Waals surface area contributed by atoms with Gasteiger partial charge >= 0.3 is 0 Å². The van der Waals surface area contributed by atoms with Crippen molar-refractivity contribution in [1.82, 2.24) is 25.3 Å². The Balaban J connectivity index is 1.67. The highest BCUT2D eigenvalue weighted by molar-refractivity contribution is 7.11. The van der Waals surface area contributed by atoms with Gasteiger partial charge in [-0.3, -0.25) is 0 Å². The molecule has 0 aromatic carbocycles. The Labute approximate surface area is 134 Å². The highest BCUT2D eigenvalue weighted by Crippen LogP contribution is 2.28. The van der Waals surface area contributed by atoms with Gasteiger partial charge in [-0.25, -0.2) is 9.67 Å². The molecular weight excluding hydrogens is 298 g/mol. The summed E-state index contributed by atoms with van der Waals surface area (Å²) >= 11 is 1.77. The summed E-state index contributed by atoms with van der Waals surface area (Å²) in [5.41, 5.74) is 1.77. The van der Waals surface area contributed by atoms with Crippen LogP contribution >= 0.6 is 11.3 Å². The van der Waals surface area contributed by atoms with Crippen LogP contribution < -0.4 is 5.32 Å². The number of rotatable bonds is 5. The van der Waals surface area contributed by atoms with E-state index in [1.165, 1.54) is 17.7 Å². The van der Waals surface area contributed by atoms with Gasteiger partial charge in [0.05, 0.1) is 24.5 Å². The number of aryl methyl sites for hydroxylation is 2. The van der Waals surface area contributed by atoms with Crippen LogP contribution in [0.3, 0.4) is 0 Å². The Morgan fingerprint density at radius 1 is 1.36 bits per heavy atom. The van der Waals surface area contributed by atoms with Gasteiger partial charge in [-0.15, -0.1) is 16.4 Å². The summed E-state index contributed by atoms with van der Waals surface area (Å²) in [6.07, 6.45) is 6.56. The minimum atomic E-state index is -0.0531. The minimum Gasteiger partial charge on any atom is -0.390 e. The van der Waals surface area contributed by atoms with E-state index in [1.807, 2.05) is 10.9 Å². The summed E-state index contributed by atoms with van der Waals surface area (Å²) in [7, 11) is 0. The molecule has 0 spiro atoms. The molecule has 7 heteroatoms. The molecule has 1 fully saturated rings. The molecule has 1 aliphatic carbocycles. The van der Waals surface area contributed by atoms with E-state index >= 15 is 0 Å². The van der Waals surface area contributed by atoms with Crippen LogP contribution in [0.15, 0.2) is 6.20 Å². The van der Waals surface area contributed by atoms with Crippen LogP contribution in [-0.2, 0) is 13.2 Å². The first-order valence-corrected chi connectivity index (χ1v) is 8.67. The smallest absolute Gasteiger partial charge is 0.108 e. The average Bonchev–Trinajstić information content (AvgIpc) is 3.13. The van der Waals surface area contributed by atoms with Gasteiger partial charge in [-0.1, -0.05) is 18.1 Å². The predicted molar refractivity (Wildman–Crippen MR) is 85.7 cm³/mol. The number of aliphatic hydroxyl groups is 1. The topological polar surface area (TPSA) is 75.9 Å². The molecule has 0 unspecified atom stereocenters. The zero-order valence-electron chi connectivity index (χ0n) is 13.1. The van der Waals surface area contributed by atoms with Crippen molar-refractivity contribution in [2.75, 3.05) is 0 Å². The molecule has 22 heavy (non-hydrogen) atoms. The summed E-state index contributed by atoms with van der Waals surface area (Å²) in [4.78, 5) is 5.89. The van der Waals surface area contributed by atoms with E-state index in [2.05, 4.69) is 34.5 Å². The molecule has 0 bridgehead atoms. The lowest BCUT2D eigenvalue weighted by molar-refractivity contribution is 0.242. The third-order valence-electron chi connectivity index (χ3n) is 4.38. The number of nitrogens with zero attached hydrogens (tertiary/aromatic N) is 4. The second kappa shape index (κ2) is 6.85. The predicted octanol–water partition coefficient (Wildman–Crippen LogP) is 2.12. The van der Waals surface area contributed by atoms with Crippen molar-refractivity contribution < 1.29 is 5.11 Å². The van der Waals surface area contributed by atoms with Crippen LogP contribution in [0.5, 0.6) is 0 Å². The Morgan fingerprint density at radius 3 is 2.86 bits per heavy atom. The lowest BCUT2D eigenvalue weighted by Crippen LogP contribution is -2.39. The molecule has 6 nitrogen and oxygen atoms in total. The summed E-state index contributed by atoms with van der Waals surface area (Å²) < 4.78 is 1.92. The molecular formula is C15H23N5OS. The zero-order chi connectivity index (χ0) is 15.5. The fourth-order valence-electron chi connectivity index (χ4n) is 3.05. The van der Waals surface area contributed by atoms with Crippen molar-refractivity contribution in [1.29, 1.82) is 0 Å². The molecule has 0 saturated heterocycles. The SMILES string of the molecule is Cc1nc(CN[C@H]2CCCC[C@H]2n2cc(CO)nn2)sc1C.